The number of rotatable bonds is 2. The van der Waals surface area contributed by atoms with Gasteiger partial charge in [-0.25, -0.2) is 4.79 Å². The van der Waals surface area contributed by atoms with Gasteiger partial charge in [0.15, 0.2) is 0 Å². The van der Waals surface area contributed by atoms with Gasteiger partial charge in [-0.3, -0.25) is 0 Å². The molecule has 0 radical (unpaired) electrons. The van der Waals surface area contributed by atoms with E-state index in [1.807, 2.05) is 49.4 Å². The molecule has 2 aromatic rings. The molecule has 0 unspecified atom stereocenters. The summed E-state index contributed by atoms with van der Waals surface area (Å²) in [5.41, 5.74) is 2.68. The Morgan fingerprint density at radius 3 is 2.36 bits per heavy atom. The first-order valence-electron chi connectivity index (χ1n) is 6.99. The van der Waals surface area contributed by atoms with Crippen LogP contribution in [-0.4, -0.2) is 28.0 Å². The molecule has 3 rings (SSSR count). The summed E-state index contributed by atoms with van der Waals surface area (Å²) in [6.45, 7) is 1.87. The second kappa shape index (κ2) is 5.81. The summed E-state index contributed by atoms with van der Waals surface area (Å²) in [6.07, 6.45) is -1.04. The van der Waals surface area contributed by atoms with E-state index in [1.54, 1.807) is 12.1 Å². The monoisotopic (exact) mass is 314 g/mol. The summed E-state index contributed by atoms with van der Waals surface area (Å²) in [7, 11) is 0. The maximum Gasteiger partial charge on any atom is 0.428 e. The van der Waals surface area contributed by atoms with Crippen LogP contribution in [0.25, 0.3) is 0 Å². The maximum absolute atomic E-state index is 11.4. The zero-order valence-corrected chi connectivity index (χ0v) is 12.7. The molecule has 2 aromatic carbocycles. The van der Waals surface area contributed by atoms with Crippen LogP contribution in [0.2, 0.25) is 5.02 Å². The highest BCUT2D eigenvalue weighted by Crippen LogP contribution is 2.34. The standard InChI is InChI=1S/C17H15ClN2O2/c1-11-15(12-5-3-2-4-6-12)16(19-20(11)17(21)22)13-7-9-14(18)10-8-13/h2-11,15H,1H3,(H,21,22)/t11-,15-/m1/s1. The lowest BCUT2D eigenvalue weighted by atomic mass is 9.86. The molecule has 1 amide bonds. The van der Waals surface area contributed by atoms with E-state index in [2.05, 4.69) is 5.10 Å². The van der Waals surface area contributed by atoms with Gasteiger partial charge in [-0.2, -0.15) is 10.1 Å². The van der Waals surface area contributed by atoms with E-state index in [0.29, 0.717) is 5.02 Å². The summed E-state index contributed by atoms with van der Waals surface area (Å²) in [6, 6.07) is 16.9. The van der Waals surface area contributed by atoms with Crippen molar-refractivity contribution in [1.29, 1.82) is 0 Å². The van der Waals surface area contributed by atoms with Crippen LogP contribution < -0.4 is 0 Å². The van der Waals surface area contributed by atoms with Gasteiger partial charge in [0, 0.05) is 5.02 Å². The molecule has 1 heterocycles. The zero-order valence-electron chi connectivity index (χ0n) is 12.0. The predicted molar refractivity (Wildman–Crippen MR) is 86.5 cm³/mol. The number of hydrogen-bond acceptors (Lipinski definition) is 2. The molecule has 4 nitrogen and oxygen atoms in total. The van der Waals surface area contributed by atoms with Crippen LogP contribution in [0.4, 0.5) is 4.79 Å². The van der Waals surface area contributed by atoms with Gasteiger partial charge >= 0.3 is 6.09 Å². The van der Waals surface area contributed by atoms with E-state index in [4.69, 9.17) is 11.6 Å². The molecule has 0 fully saturated rings. The summed E-state index contributed by atoms with van der Waals surface area (Å²) < 4.78 is 0. The third-order valence-electron chi connectivity index (χ3n) is 3.87. The summed E-state index contributed by atoms with van der Waals surface area (Å²) >= 11 is 5.94. The van der Waals surface area contributed by atoms with Crippen molar-refractivity contribution >= 4 is 23.4 Å². The minimum absolute atomic E-state index is 0.0986. The van der Waals surface area contributed by atoms with Gasteiger partial charge in [0.05, 0.1) is 17.7 Å². The zero-order chi connectivity index (χ0) is 15.7. The molecule has 22 heavy (non-hydrogen) atoms. The van der Waals surface area contributed by atoms with Crippen LogP contribution >= 0.6 is 11.6 Å². The summed E-state index contributed by atoms with van der Waals surface area (Å²) in [4.78, 5) is 11.4. The fourth-order valence-electron chi connectivity index (χ4n) is 2.81. The van der Waals surface area contributed by atoms with Crippen molar-refractivity contribution in [2.75, 3.05) is 0 Å². The molecular weight excluding hydrogens is 300 g/mol. The summed E-state index contributed by atoms with van der Waals surface area (Å²) in [5.74, 6) is -0.0986. The van der Waals surface area contributed by atoms with Gasteiger partial charge in [-0.1, -0.05) is 54.1 Å². The minimum atomic E-state index is -1.04. The summed E-state index contributed by atoms with van der Waals surface area (Å²) in [5, 5.41) is 15.5. The lowest BCUT2D eigenvalue weighted by Crippen LogP contribution is -2.33. The molecule has 0 spiro atoms. The second-order valence-corrected chi connectivity index (χ2v) is 5.68. The number of halogens is 1. The Hall–Kier alpha value is -2.33. The van der Waals surface area contributed by atoms with Gasteiger partial charge in [0.25, 0.3) is 0 Å². The predicted octanol–water partition coefficient (Wildman–Crippen LogP) is 4.21. The topological polar surface area (TPSA) is 52.9 Å². The maximum atomic E-state index is 11.4. The van der Waals surface area contributed by atoms with Crippen molar-refractivity contribution in [3.05, 3.63) is 70.7 Å². The molecule has 112 valence electrons. The van der Waals surface area contributed by atoms with Gasteiger partial charge in [-0.05, 0) is 30.2 Å². The molecule has 0 saturated heterocycles. The first-order valence-corrected chi connectivity index (χ1v) is 7.37. The van der Waals surface area contributed by atoms with Crippen molar-refractivity contribution in [3.63, 3.8) is 0 Å². The molecule has 0 bridgehead atoms. The highest BCUT2D eigenvalue weighted by atomic mass is 35.5. The molecule has 0 saturated carbocycles. The largest absolute Gasteiger partial charge is 0.464 e. The van der Waals surface area contributed by atoms with Crippen LogP contribution in [0, 0.1) is 0 Å². The second-order valence-electron chi connectivity index (χ2n) is 5.25. The van der Waals surface area contributed by atoms with E-state index >= 15 is 0 Å². The van der Waals surface area contributed by atoms with Crippen LogP contribution in [0.1, 0.15) is 24.0 Å². The number of carboxylic acid groups (broad SMARTS) is 1. The van der Waals surface area contributed by atoms with Crippen molar-refractivity contribution in [1.82, 2.24) is 5.01 Å². The molecule has 1 aliphatic rings. The first kappa shape index (κ1) is 14.6. The number of hydrogen-bond donors (Lipinski definition) is 1. The molecule has 1 aliphatic heterocycles. The van der Waals surface area contributed by atoms with E-state index in [9.17, 15) is 9.90 Å². The Morgan fingerprint density at radius 1 is 1.14 bits per heavy atom. The van der Waals surface area contributed by atoms with Crippen LogP contribution in [-0.2, 0) is 0 Å². The molecule has 2 atom stereocenters. The number of hydrazone groups is 1. The molecule has 0 aromatic heterocycles. The SMILES string of the molecule is C[C@@H]1[C@H](c2ccccc2)C(c2ccc(Cl)cc2)=NN1C(=O)O. The third kappa shape index (κ3) is 2.57. The normalized spacial score (nSPS) is 20.8. The van der Waals surface area contributed by atoms with Crippen LogP contribution in [0.5, 0.6) is 0 Å². The quantitative estimate of drug-likeness (QED) is 0.902. The third-order valence-corrected chi connectivity index (χ3v) is 4.12. The van der Waals surface area contributed by atoms with Crippen molar-refractivity contribution in [3.8, 4) is 0 Å². The molecule has 5 heteroatoms. The van der Waals surface area contributed by atoms with Gasteiger partial charge in [0.1, 0.15) is 0 Å². The van der Waals surface area contributed by atoms with Crippen molar-refractivity contribution < 1.29 is 9.90 Å². The molecular formula is C17H15ClN2O2. The Labute approximate surface area is 133 Å². The van der Waals surface area contributed by atoms with Gasteiger partial charge in [0.2, 0.25) is 0 Å². The first-order chi connectivity index (χ1) is 10.6. The average Bonchev–Trinajstić information content (AvgIpc) is 2.86. The Balaban J connectivity index is 2.08. The van der Waals surface area contributed by atoms with E-state index in [1.165, 1.54) is 0 Å². The van der Waals surface area contributed by atoms with Crippen molar-refractivity contribution in [2.45, 2.75) is 18.9 Å². The number of benzene rings is 2. The fourth-order valence-corrected chi connectivity index (χ4v) is 2.94. The Morgan fingerprint density at radius 2 is 1.77 bits per heavy atom. The molecule has 0 aliphatic carbocycles. The Kier molecular flexibility index (Phi) is 3.86. The fraction of sp³-hybridized carbons (Fsp3) is 0.176. The van der Waals surface area contributed by atoms with Crippen LogP contribution in [0.3, 0.4) is 0 Å². The lowest BCUT2D eigenvalue weighted by molar-refractivity contribution is 0.135. The minimum Gasteiger partial charge on any atom is -0.464 e. The van der Waals surface area contributed by atoms with Gasteiger partial charge < -0.3 is 5.11 Å². The average molecular weight is 315 g/mol. The Bertz CT molecular complexity index is 713. The van der Waals surface area contributed by atoms with E-state index in [0.717, 1.165) is 21.8 Å². The molecule has 1 N–H and O–H groups in total. The van der Waals surface area contributed by atoms with Gasteiger partial charge in [-0.15, -0.1) is 0 Å². The van der Waals surface area contributed by atoms with E-state index in [-0.39, 0.29) is 12.0 Å². The van der Waals surface area contributed by atoms with E-state index < -0.39 is 6.09 Å². The highest BCUT2D eigenvalue weighted by molar-refractivity contribution is 6.30. The number of carbonyl (C=O) groups is 1. The number of amides is 1. The van der Waals surface area contributed by atoms with Crippen LogP contribution in [0.15, 0.2) is 59.7 Å². The van der Waals surface area contributed by atoms with Crippen molar-refractivity contribution in [2.24, 2.45) is 5.10 Å². The highest BCUT2D eigenvalue weighted by Gasteiger charge is 2.38. The lowest BCUT2D eigenvalue weighted by Gasteiger charge is -2.21. The number of nitrogens with zero attached hydrogens (tertiary/aromatic N) is 2. The smallest absolute Gasteiger partial charge is 0.428 e.